The number of carbonyl (C=O) groups excluding carboxylic acids is 1. The first-order chi connectivity index (χ1) is 14.7. The van der Waals surface area contributed by atoms with Crippen molar-refractivity contribution in [2.24, 2.45) is 7.05 Å². The normalized spacial score (nSPS) is 16.6. The summed E-state index contributed by atoms with van der Waals surface area (Å²) in [6.07, 6.45) is -3.50. The minimum Gasteiger partial charge on any atom is -0.441 e. The molecule has 0 radical (unpaired) electrons. The number of hydrogen-bond acceptors (Lipinski definition) is 10. The summed E-state index contributed by atoms with van der Waals surface area (Å²) in [4.78, 5) is 18.8. The number of benzene rings is 1. The minimum atomic E-state index is -3.33. The molecular weight excluding hydrogens is 415 g/mol. The molecule has 1 saturated heterocycles. The number of halogens is 1. The Bertz CT molecular complexity index is 1100. The summed E-state index contributed by atoms with van der Waals surface area (Å²) in [5.74, 6) is -0.242. The van der Waals surface area contributed by atoms with Crippen molar-refractivity contribution in [2.75, 3.05) is 18.1 Å². The molecule has 31 heavy (non-hydrogen) atoms. The molecule has 162 valence electrons. The van der Waals surface area contributed by atoms with E-state index in [0.717, 1.165) is 4.90 Å². The predicted octanol–water partition coefficient (Wildman–Crippen LogP) is 0.00820. The summed E-state index contributed by atoms with van der Waals surface area (Å²) in [6.45, 7) is -0.500. The van der Waals surface area contributed by atoms with Gasteiger partial charge in [-0.1, -0.05) is 6.07 Å². The van der Waals surface area contributed by atoms with Gasteiger partial charge in [-0.05, 0) is 29.5 Å². The van der Waals surface area contributed by atoms with E-state index in [1.54, 1.807) is 19.2 Å². The Labute approximate surface area is 174 Å². The third-order valence-electron chi connectivity index (χ3n) is 4.41. The highest BCUT2D eigenvalue weighted by molar-refractivity contribution is 5.90. The quantitative estimate of drug-likeness (QED) is 0.453. The minimum absolute atomic E-state index is 0.0327. The summed E-state index contributed by atoms with van der Waals surface area (Å²) in [7, 11) is 1.63. The number of anilines is 1. The highest BCUT2D eigenvalue weighted by atomic mass is 19.1. The first kappa shape index (κ1) is 20.7. The van der Waals surface area contributed by atoms with Crippen molar-refractivity contribution < 1.29 is 34.0 Å². The number of cyclic esters (lactones) is 1. The Kier molecular flexibility index (Phi) is 5.32. The second-order valence-corrected chi connectivity index (χ2v) is 6.70. The van der Waals surface area contributed by atoms with E-state index in [2.05, 4.69) is 25.1 Å². The van der Waals surface area contributed by atoms with Crippen LogP contribution in [0.3, 0.4) is 0 Å². The number of pyridine rings is 1. The molecule has 0 aliphatic carbocycles. The highest BCUT2D eigenvalue weighted by Crippen LogP contribution is 2.29. The Morgan fingerprint density at radius 2 is 2.10 bits per heavy atom. The molecule has 0 unspecified atom stereocenters. The summed E-state index contributed by atoms with van der Waals surface area (Å²) in [5, 5.41) is 37.9. The Morgan fingerprint density at radius 3 is 2.71 bits per heavy atom. The fourth-order valence-corrected chi connectivity index (χ4v) is 3.00. The lowest BCUT2D eigenvalue weighted by molar-refractivity contribution is -0.456. The van der Waals surface area contributed by atoms with Crippen LogP contribution in [-0.4, -0.2) is 72.0 Å². The number of nitrogens with zero attached hydrogens (tertiary/aromatic N) is 6. The van der Waals surface area contributed by atoms with Crippen LogP contribution in [0.15, 0.2) is 36.5 Å². The molecule has 0 spiro atoms. The molecule has 1 atom stereocenters. The van der Waals surface area contributed by atoms with Gasteiger partial charge in [-0.25, -0.2) is 9.18 Å². The molecule has 3 aromatic rings. The van der Waals surface area contributed by atoms with Gasteiger partial charge in [0.1, 0.15) is 17.6 Å². The van der Waals surface area contributed by atoms with E-state index in [-0.39, 0.29) is 17.8 Å². The lowest BCUT2D eigenvalue weighted by atomic mass is 10.1. The van der Waals surface area contributed by atoms with Crippen LogP contribution >= 0.6 is 0 Å². The lowest BCUT2D eigenvalue weighted by Crippen LogP contribution is -2.35. The van der Waals surface area contributed by atoms with Gasteiger partial charge in [0.15, 0.2) is 0 Å². The van der Waals surface area contributed by atoms with Gasteiger partial charge in [-0.2, -0.15) is 4.80 Å². The Hall–Kier alpha value is -3.52. The van der Waals surface area contributed by atoms with Crippen molar-refractivity contribution in [3.8, 4) is 22.6 Å². The SMILES string of the molecule is Cn1nnc(-c2ccc(-c3ccc(N4C[C@H](COC(O)(O)O)OC4=O)cc3F)cn2)n1. The van der Waals surface area contributed by atoms with Gasteiger partial charge in [-0.15, -0.1) is 10.2 Å². The van der Waals surface area contributed by atoms with Gasteiger partial charge in [0.05, 0.1) is 25.9 Å². The van der Waals surface area contributed by atoms with Crippen LogP contribution in [0.1, 0.15) is 0 Å². The van der Waals surface area contributed by atoms with E-state index in [0.29, 0.717) is 17.1 Å². The average molecular weight is 432 g/mol. The van der Waals surface area contributed by atoms with Crippen LogP contribution in [0.4, 0.5) is 14.9 Å². The van der Waals surface area contributed by atoms with Crippen molar-refractivity contribution in [1.82, 2.24) is 25.2 Å². The van der Waals surface area contributed by atoms with Crippen molar-refractivity contribution >= 4 is 11.8 Å². The molecular formula is C18H17FN6O6. The first-order valence-electron chi connectivity index (χ1n) is 8.99. The van der Waals surface area contributed by atoms with Gasteiger partial charge < -0.3 is 20.1 Å². The number of tetrazole rings is 1. The van der Waals surface area contributed by atoms with Crippen molar-refractivity contribution in [3.05, 3.63) is 42.3 Å². The fourth-order valence-electron chi connectivity index (χ4n) is 3.00. The van der Waals surface area contributed by atoms with Gasteiger partial charge in [0.2, 0.25) is 5.82 Å². The largest absolute Gasteiger partial charge is 0.441 e. The number of aromatic nitrogens is 5. The number of ether oxygens (including phenoxy) is 2. The third kappa shape index (κ3) is 4.64. The second kappa shape index (κ2) is 7.96. The number of hydrogen-bond donors (Lipinski definition) is 3. The second-order valence-electron chi connectivity index (χ2n) is 6.70. The van der Waals surface area contributed by atoms with Crippen molar-refractivity contribution in [1.29, 1.82) is 0 Å². The summed E-state index contributed by atoms with van der Waals surface area (Å²) in [5.41, 5.74) is 1.51. The molecule has 13 heteroatoms. The molecule has 1 amide bonds. The zero-order valence-electron chi connectivity index (χ0n) is 16.1. The van der Waals surface area contributed by atoms with Gasteiger partial charge in [0, 0.05) is 17.3 Å². The maximum Gasteiger partial charge on any atom is 0.414 e. The van der Waals surface area contributed by atoms with Crippen LogP contribution < -0.4 is 4.90 Å². The van der Waals surface area contributed by atoms with E-state index in [4.69, 9.17) is 20.1 Å². The number of aryl methyl sites for hydroxylation is 1. The zero-order chi connectivity index (χ0) is 22.2. The smallest absolute Gasteiger partial charge is 0.414 e. The Balaban J connectivity index is 1.49. The fraction of sp³-hybridized carbons (Fsp3) is 0.278. The van der Waals surface area contributed by atoms with Gasteiger partial charge >= 0.3 is 12.3 Å². The van der Waals surface area contributed by atoms with Crippen molar-refractivity contribution in [3.63, 3.8) is 0 Å². The highest BCUT2D eigenvalue weighted by Gasteiger charge is 2.35. The number of aliphatic hydroxyl groups is 3. The molecule has 12 nitrogen and oxygen atoms in total. The van der Waals surface area contributed by atoms with Crippen molar-refractivity contribution in [2.45, 2.75) is 12.3 Å². The van der Waals surface area contributed by atoms with Crippen LogP contribution in [0, 0.1) is 5.82 Å². The summed E-state index contributed by atoms with van der Waals surface area (Å²) < 4.78 is 24.1. The lowest BCUT2D eigenvalue weighted by Gasteiger charge is -2.16. The van der Waals surface area contributed by atoms with Gasteiger partial charge in [0.25, 0.3) is 0 Å². The maximum absolute atomic E-state index is 14.8. The third-order valence-corrected chi connectivity index (χ3v) is 4.41. The number of carbonyl (C=O) groups is 1. The van der Waals surface area contributed by atoms with Crippen LogP contribution in [0.5, 0.6) is 0 Å². The molecule has 3 N–H and O–H groups in total. The van der Waals surface area contributed by atoms with Crippen LogP contribution in [0.25, 0.3) is 22.6 Å². The number of amides is 1. The predicted molar refractivity (Wildman–Crippen MR) is 100 cm³/mol. The number of rotatable bonds is 6. The maximum atomic E-state index is 14.8. The summed E-state index contributed by atoms with van der Waals surface area (Å²) >= 11 is 0. The average Bonchev–Trinajstić information content (AvgIpc) is 3.31. The molecule has 1 aromatic carbocycles. The van der Waals surface area contributed by atoms with Crippen LogP contribution in [-0.2, 0) is 16.5 Å². The molecule has 2 aromatic heterocycles. The molecule has 1 aliphatic heterocycles. The zero-order valence-corrected chi connectivity index (χ0v) is 16.1. The molecule has 1 aliphatic rings. The topological polar surface area (TPSA) is 156 Å². The van der Waals surface area contributed by atoms with E-state index < -0.39 is 30.8 Å². The van der Waals surface area contributed by atoms with E-state index >= 15 is 0 Å². The summed E-state index contributed by atoms with van der Waals surface area (Å²) in [6, 6.07) is 7.52. The molecule has 0 bridgehead atoms. The monoisotopic (exact) mass is 432 g/mol. The van der Waals surface area contributed by atoms with Crippen LogP contribution in [0.2, 0.25) is 0 Å². The van der Waals surface area contributed by atoms with Gasteiger partial charge in [-0.3, -0.25) is 14.6 Å². The Morgan fingerprint density at radius 1 is 1.29 bits per heavy atom. The molecule has 4 rings (SSSR count). The van der Waals surface area contributed by atoms with E-state index in [9.17, 15) is 9.18 Å². The van der Waals surface area contributed by atoms with E-state index in [1.165, 1.54) is 29.2 Å². The first-order valence-corrected chi connectivity index (χ1v) is 8.99. The molecule has 1 fully saturated rings. The standard InChI is InChI=1S/C18H17FN6O6/c1-24-22-16(21-23-24)15-5-2-10(7-20-15)13-4-3-11(6-14(13)19)25-8-12(31-17(25)26)9-30-18(27,28)29/h2-7,12,27-29H,8-9H2,1H3/t12-/m1/s1. The molecule has 0 saturated carbocycles. The van der Waals surface area contributed by atoms with E-state index in [1.807, 2.05) is 0 Å². The molecule has 3 heterocycles.